The second-order valence-corrected chi connectivity index (χ2v) is 8.10. The minimum absolute atomic E-state index is 0.0440. The fraction of sp³-hybridized carbons (Fsp3) is 0.0833. The molecule has 35 heavy (non-hydrogen) atoms. The lowest BCUT2D eigenvalue weighted by molar-refractivity contribution is -0.384. The van der Waals surface area contributed by atoms with E-state index in [1.54, 1.807) is 24.3 Å². The molecule has 0 aliphatic carbocycles. The van der Waals surface area contributed by atoms with E-state index in [4.69, 9.17) is 13.9 Å². The summed E-state index contributed by atoms with van der Waals surface area (Å²) < 4.78 is 30.6. The van der Waals surface area contributed by atoms with Crippen molar-refractivity contribution in [3.8, 4) is 11.5 Å². The zero-order valence-electron chi connectivity index (χ0n) is 18.2. The Kier molecular flexibility index (Phi) is 7.06. The predicted molar refractivity (Wildman–Crippen MR) is 129 cm³/mol. The van der Waals surface area contributed by atoms with E-state index in [0.29, 0.717) is 38.1 Å². The largest absolute Gasteiger partial charge is 0.493 e. The molecule has 4 aromatic rings. The zero-order valence-corrected chi connectivity index (χ0v) is 19.7. The summed E-state index contributed by atoms with van der Waals surface area (Å²) in [6.45, 7) is 0.136. The maximum atomic E-state index is 13.4. The number of methoxy groups -OCH3 is 1. The van der Waals surface area contributed by atoms with Gasteiger partial charge in [0.25, 0.3) is 5.69 Å². The van der Waals surface area contributed by atoms with E-state index in [0.717, 1.165) is 0 Å². The van der Waals surface area contributed by atoms with Gasteiger partial charge in [0.05, 0.1) is 22.7 Å². The van der Waals surface area contributed by atoms with E-state index in [2.05, 4.69) is 26.5 Å². The van der Waals surface area contributed by atoms with Crippen LogP contribution in [0.5, 0.6) is 11.5 Å². The molecule has 0 aliphatic heterocycles. The number of nitro groups is 1. The van der Waals surface area contributed by atoms with E-state index in [1.807, 2.05) is 0 Å². The standard InChI is InChI=1S/C24H17BrFN3O6/c1-33-21-9-15(8-19(25)23(21)34-13-14-3-2-4-17(26)7-14)12-27-28-24(30)22-11-16-10-18(29(31)32)5-6-20(16)35-22/h2-12H,13H2,1H3,(H,28,30)/b27-12-. The van der Waals surface area contributed by atoms with Crippen LogP contribution in [0.25, 0.3) is 11.0 Å². The molecule has 1 N–H and O–H groups in total. The molecule has 4 rings (SSSR count). The van der Waals surface area contributed by atoms with Crippen molar-refractivity contribution in [2.24, 2.45) is 5.10 Å². The Morgan fingerprint density at radius 2 is 2.06 bits per heavy atom. The van der Waals surface area contributed by atoms with Gasteiger partial charge in [0.2, 0.25) is 0 Å². The van der Waals surface area contributed by atoms with Crippen LogP contribution >= 0.6 is 15.9 Å². The molecule has 3 aromatic carbocycles. The molecule has 0 fully saturated rings. The average molecular weight is 542 g/mol. The molecule has 0 radical (unpaired) electrons. The van der Waals surface area contributed by atoms with Gasteiger partial charge in [-0.05, 0) is 63.5 Å². The summed E-state index contributed by atoms with van der Waals surface area (Å²) in [7, 11) is 1.48. The molecule has 0 atom stereocenters. The van der Waals surface area contributed by atoms with E-state index in [-0.39, 0.29) is 23.9 Å². The molecule has 1 heterocycles. The Labute approximate surface area is 206 Å². The van der Waals surface area contributed by atoms with Crippen LogP contribution in [0.2, 0.25) is 0 Å². The van der Waals surface area contributed by atoms with Crippen LogP contribution in [0, 0.1) is 15.9 Å². The molecule has 0 spiro atoms. The number of carbonyl (C=O) groups excluding carboxylic acids is 1. The van der Waals surface area contributed by atoms with Gasteiger partial charge < -0.3 is 13.9 Å². The van der Waals surface area contributed by atoms with Crippen molar-refractivity contribution in [1.29, 1.82) is 0 Å². The number of hydrogen-bond donors (Lipinski definition) is 1. The molecule has 0 aliphatic rings. The number of hydrazone groups is 1. The number of benzene rings is 3. The lowest BCUT2D eigenvalue weighted by Crippen LogP contribution is -2.16. The Morgan fingerprint density at radius 1 is 1.23 bits per heavy atom. The molecular formula is C24H17BrFN3O6. The number of nitro benzene ring substituents is 1. The topological polar surface area (TPSA) is 116 Å². The first-order valence-electron chi connectivity index (χ1n) is 10.1. The van der Waals surface area contributed by atoms with Crippen LogP contribution in [-0.2, 0) is 6.61 Å². The van der Waals surface area contributed by atoms with Crippen molar-refractivity contribution in [3.05, 3.63) is 98.0 Å². The van der Waals surface area contributed by atoms with E-state index in [9.17, 15) is 19.3 Å². The fourth-order valence-electron chi connectivity index (χ4n) is 3.21. The Bertz CT molecular complexity index is 1450. The molecular weight excluding hydrogens is 525 g/mol. The van der Waals surface area contributed by atoms with Crippen LogP contribution in [0.15, 0.2) is 74.7 Å². The van der Waals surface area contributed by atoms with Gasteiger partial charge in [-0.3, -0.25) is 14.9 Å². The normalized spacial score (nSPS) is 11.1. The highest BCUT2D eigenvalue weighted by molar-refractivity contribution is 9.10. The number of fused-ring (bicyclic) bond motifs is 1. The Morgan fingerprint density at radius 3 is 2.80 bits per heavy atom. The molecule has 0 bridgehead atoms. The second kappa shape index (κ2) is 10.3. The Hall–Kier alpha value is -4.25. The Balaban J connectivity index is 1.44. The number of non-ortho nitro benzene ring substituents is 1. The van der Waals surface area contributed by atoms with Gasteiger partial charge >= 0.3 is 5.91 Å². The number of carbonyl (C=O) groups is 1. The summed E-state index contributed by atoms with van der Waals surface area (Å²) in [6, 6.07) is 14.9. The van der Waals surface area contributed by atoms with E-state index < -0.39 is 10.8 Å². The van der Waals surface area contributed by atoms with Crippen molar-refractivity contribution >= 4 is 44.7 Å². The van der Waals surface area contributed by atoms with Crippen LogP contribution in [0.1, 0.15) is 21.7 Å². The third kappa shape index (κ3) is 5.64. The second-order valence-electron chi connectivity index (χ2n) is 7.24. The van der Waals surface area contributed by atoms with Crippen molar-refractivity contribution < 1.29 is 28.0 Å². The summed E-state index contributed by atoms with van der Waals surface area (Å²) in [6.07, 6.45) is 1.40. The summed E-state index contributed by atoms with van der Waals surface area (Å²) >= 11 is 3.43. The summed E-state index contributed by atoms with van der Waals surface area (Å²) in [4.78, 5) is 22.8. The highest BCUT2D eigenvalue weighted by atomic mass is 79.9. The molecule has 0 saturated heterocycles. The highest BCUT2D eigenvalue weighted by Gasteiger charge is 2.15. The highest BCUT2D eigenvalue weighted by Crippen LogP contribution is 2.37. The van der Waals surface area contributed by atoms with Gasteiger partial charge in [-0.25, -0.2) is 9.82 Å². The third-order valence-corrected chi connectivity index (χ3v) is 5.43. The predicted octanol–water partition coefficient (Wildman–Crippen LogP) is 5.59. The van der Waals surface area contributed by atoms with Gasteiger partial charge in [-0.15, -0.1) is 0 Å². The first-order chi connectivity index (χ1) is 16.8. The van der Waals surface area contributed by atoms with Crippen LogP contribution < -0.4 is 14.9 Å². The van der Waals surface area contributed by atoms with Gasteiger partial charge in [0.15, 0.2) is 17.3 Å². The lowest BCUT2D eigenvalue weighted by Gasteiger charge is -2.13. The fourth-order valence-corrected chi connectivity index (χ4v) is 3.79. The van der Waals surface area contributed by atoms with Crippen molar-refractivity contribution in [3.63, 3.8) is 0 Å². The van der Waals surface area contributed by atoms with Crippen molar-refractivity contribution in [2.45, 2.75) is 6.61 Å². The van der Waals surface area contributed by atoms with E-state index in [1.165, 1.54) is 49.7 Å². The zero-order chi connectivity index (χ0) is 24.9. The maximum Gasteiger partial charge on any atom is 0.307 e. The van der Waals surface area contributed by atoms with Gasteiger partial charge in [0.1, 0.15) is 18.0 Å². The number of furan rings is 1. The number of amides is 1. The number of halogens is 2. The number of hydrogen-bond acceptors (Lipinski definition) is 7. The summed E-state index contributed by atoms with van der Waals surface area (Å²) in [5.41, 5.74) is 3.83. The first-order valence-corrected chi connectivity index (χ1v) is 10.9. The number of nitrogens with one attached hydrogen (secondary N) is 1. The average Bonchev–Trinajstić information content (AvgIpc) is 3.26. The van der Waals surface area contributed by atoms with Gasteiger partial charge in [0, 0.05) is 17.5 Å². The molecule has 9 nitrogen and oxygen atoms in total. The van der Waals surface area contributed by atoms with Crippen molar-refractivity contribution in [2.75, 3.05) is 7.11 Å². The SMILES string of the molecule is COc1cc(/C=N\NC(=O)c2cc3cc([N+](=O)[O-])ccc3o2)cc(Br)c1OCc1cccc(F)c1. The smallest absolute Gasteiger partial charge is 0.307 e. The van der Waals surface area contributed by atoms with Gasteiger partial charge in [-0.1, -0.05) is 12.1 Å². The minimum atomic E-state index is -0.624. The number of nitrogens with zero attached hydrogens (tertiary/aromatic N) is 2. The molecule has 178 valence electrons. The van der Waals surface area contributed by atoms with Crippen LogP contribution in [0.4, 0.5) is 10.1 Å². The third-order valence-electron chi connectivity index (χ3n) is 4.84. The van der Waals surface area contributed by atoms with Crippen molar-refractivity contribution in [1.82, 2.24) is 5.43 Å². The van der Waals surface area contributed by atoms with E-state index >= 15 is 0 Å². The first kappa shape index (κ1) is 23.9. The molecule has 0 saturated carbocycles. The maximum absolute atomic E-state index is 13.4. The molecule has 0 unspecified atom stereocenters. The molecule has 11 heteroatoms. The van der Waals surface area contributed by atoms with Crippen LogP contribution in [0.3, 0.4) is 0 Å². The number of ether oxygens (including phenoxy) is 2. The summed E-state index contributed by atoms with van der Waals surface area (Å²) in [5.74, 6) is -0.190. The molecule has 1 amide bonds. The minimum Gasteiger partial charge on any atom is -0.493 e. The monoisotopic (exact) mass is 541 g/mol. The number of rotatable bonds is 8. The lowest BCUT2D eigenvalue weighted by atomic mass is 10.2. The quantitative estimate of drug-likeness (QED) is 0.176. The van der Waals surface area contributed by atoms with Crippen LogP contribution in [-0.4, -0.2) is 24.2 Å². The van der Waals surface area contributed by atoms with Gasteiger partial charge in [-0.2, -0.15) is 5.10 Å². The molecule has 1 aromatic heterocycles. The summed E-state index contributed by atoms with van der Waals surface area (Å²) in [5, 5.41) is 15.3.